The molecule has 9 heteroatoms. The predicted molar refractivity (Wildman–Crippen MR) is 108 cm³/mol. The number of furan rings is 1. The Morgan fingerprint density at radius 1 is 1.14 bits per heavy atom. The van der Waals surface area contributed by atoms with Crippen LogP contribution in [0.25, 0.3) is 11.0 Å². The van der Waals surface area contributed by atoms with Crippen molar-refractivity contribution in [1.82, 2.24) is 25.5 Å². The number of carbonyl (C=O) groups is 1. The van der Waals surface area contributed by atoms with Crippen LogP contribution < -0.4 is 10.6 Å². The Morgan fingerprint density at radius 3 is 3.00 bits per heavy atom. The van der Waals surface area contributed by atoms with Crippen molar-refractivity contribution in [2.75, 3.05) is 18.4 Å². The summed E-state index contributed by atoms with van der Waals surface area (Å²) in [4.78, 5) is 20.6. The van der Waals surface area contributed by atoms with Crippen LogP contribution in [0.5, 0.6) is 0 Å². The number of rotatable bonds is 3. The molecule has 29 heavy (non-hydrogen) atoms. The number of fused-ring (bicyclic) bond motifs is 2. The number of nitrogens with zero attached hydrogens (tertiary/aromatic N) is 2. The number of carbonyl (C=O) groups excluding carboxylic acids is 1. The summed E-state index contributed by atoms with van der Waals surface area (Å²) < 4.78 is 6.17. The second-order valence-electron chi connectivity index (χ2n) is 6.98. The van der Waals surface area contributed by atoms with Crippen LogP contribution in [0.4, 0.5) is 5.82 Å². The number of ketones is 1. The number of hydrogen-bond donors (Lipinski definition) is 4. The summed E-state index contributed by atoms with van der Waals surface area (Å²) in [5.41, 5.74) is 4.41. The lowest BCUT2D eigenvalue weighted by molar-refractivity contribution is -0.115. The largest absolute Gasteiger partial charge is 0.453 e. The lowest BCUT2D eigenvalue weighted by Gasteiger charge is -2.30. The van der Waals surface area contributed by atoms with E-state index in [0.29, 0.717) is 18.2 Å². The van der Waals surface area contributed by atoms with Gasteiger partial charge < -0.3 is 20.0 Å². The first-order valence-corrected chi connectivity index (χ1v) is 10.1. The predicted octanol–water partition coefficient (Wildman–Crippen LogP) is 3.01. The van der Waals surface area contributed by atoms with E-state index in [0.717, 1.165) is 44.6 Å². The molecule has 3 aromatic heterocycles. The van der Waals surface area contributed by atoms with E-state index in [4.69, 9.17) is 4.42 Å². The van der Waals surface area contributed by atoms with Gasteiger partial charge in [0, 0.05) is 29.6 Å². The second-order valence-corrected chi connectivity index (χ2v) is 7.98. The molecule has 4 aromatic rings. The van der Waals surface area contributed by atoms with Crippen molar-refractivity contribution < 1.29 is 9.21 Å². The molecular weight excluding hydrogens is 388 g/mol. The lowest BCUT2D eigenvalue weighted by Crippen LogP contribution is -2.39. The van der Waals surface area contributed by atoms with E-state index >= 15 is 0 Å². The normalized spacial score (nSPS) is 18.6. The van der Waals surface area contributed by atoms with Crippen LogP contribution in [0.3, 0.4) is 0 Å². The minimum Gasteiger partial charge on any atom is -0.453 e. The molecular formula is C20H16N6O2S. The number of anilines is 1. The Morgan fingerprint density at radius 2 is 2.07 bits per heavy atom. The van der Waals surface area contributed by atoms with Crippen LogP contribution in [-0.2, 0) is 4.79 Å². The maximum atomic E-state index is 12.7. The third-order valence-electron chi connectivity index (χ3n) is 5.20. The van der Waals surface area contributed by atoms with Gasteiger partial charge in [0.15, 0.2) is 21.8 Å². The highest BCUT2D eigenvalue weighted by molar-refractivity contribution is 7.99. The van der Waals surface area contributed by atoms with E-state index in [1.165, 1.54) is 11.8 Å². The van der Waals surface area contributed by atoms with Gasteiger partial charge in [-0.1, -0.05) is 12.1 Å². The van der Waals surface area contributed by atoms with Gasteiger partial charge in [0.25, 0.3) is 0 Å². The molecule has 8 nitrogen and oxygen atoms in total. The maximum absolute atomic E-state index is 12.7. The van der Waals surface area contributed by atoms with Gasteiger partial charge >= 0.3 is 0 Å². The molecule has 0 amide bonds. The number of imidazole rings is 1. The highest BCUT2D eigenvalue weighted by atomic mass is 32.2. The zero-order valence-corrected chi connectivity index (χ0v) is 16.0. The van der Waals surface area contributed by atoms with Crippen molar-refractivity contribution in [3.8, 4) is 0 Å². The van der Waals surface area contributed by atoms with Gasteiger partial charge in [-0.05, 0) is 36.0 Å². The molecule has 0 fully saturated rings. The molecule has 5 heterocycles. The van der Waals surface area contributed by atoms with E-state index in [1.807, 2.05) is 42.6 Å². The molecule has 1 atom stereocenters. The summed E-state index contributed by atoms with van der Waals surface area (Å²) in [6.45, 7) is 0.927. The minimum atomic E-state index is -0.278. The fourth-order valence-corrected chi connectivity index (χ4v) is 4.71. The van der Waals surface area contributed by atoms with Gasteiger partial charge in [-0.3, -0.25) is 9.89 Å². The molecule has 2 aliphatic heterocycles. The van der Waals surface area contributed by atoms with Gasteiger partial charge in [0.05, 0.1) is 23.5 Å². The number of H-pyrrole nitrogens is 2. The lowest BCUT2D eigenvalue weighted by atomic mass is 9.82. The first-order valence-electron chi connectivity index (χ1n) is 9.26. The molecule has 0 saturated carbocycles. The molecule has 0 aliphatic carbocycles. The van der Waals surface area contributed by atoms with Crippen molar-refractivity contribution in [2.45, 2.75) is 16.2 Å². The third-order valence-corrected chi connectivity index (χ3v) is 6.01. The third kappa shape index (κ3) is 2.70. The van der Waals surface area contributed by atoms with Crippen molar-refractivity contribution in [3.63, 3.8) is 0 Å². The van der Waals surface area contributed by atoms with Crippen molar-refractivity contribution in [2.24, 2.45) is 0 Å². The van der Waals surface area contributed by atoms with E-state index in [1.54, 1.807) is 0 Å². The average Bonchev–Trinajstić information content (AvgIpc) is 3.45. The Balaban J connectivity index is 1.37. The number of aromatic nitrogens is 4. The fraction of sp³-hybridized carbons (Fsp3) is 0.150. The van der Waals surface area contributed by atoms with Crippen molar-refractivity contribution >= 4 is 34.4 Å². The van der Waals surface area contributed by atoms with Crippen LogP contribution in [0, 0.1) is 0 Å². The van der Waals surface area contributed by atoms with Gasteiger partial charge in [0.2, 0.25) is 0 Å². The molecule has 0 spiro atoms. The molecule has 0 bridgehead atoms. The maximum Gasteiger partial charge on any atom is 0.175 e. The second kappa shape index (κ2) is 6.36. The molecule has 1 aromatic carbocycles. The van der Waals surface area contributed by atoms with Crippen LogP contribution >= 0.6 is 11.8 Å². The molecule has 0 saturated heterocycles. The standard InChI is InChI=1S/C20H16N6O2S/c27-14-9-21-8-13-18(14)17(10-7-22-26-19(10)23-13)15-5-6-16(28-15)29-20-24-11-3-1-2-4-12(11)25-20/h1-7,17,21H,8-9H2,(H,24,25)(H2,22,23,26)/t17-/m0/s1. The fourth-order valence-electron chi connectivity index (χ4n) is 3.94. The summed E-state index contributed by atoms with van der Waals surface area (Å²) in [6.07, 6.45) is 1.82. The quantitative estimate of drug-likeness (QED) is 0.415. The number of para-hydroxylation sites is 2. The number of hydrogen-bond acceptors (Lipinski definition) is 7. The summed E-state index contributed by atoms with van der Waals surface area (Å²) >= 11 is 1.43. The highest BCUT2D eigenvalue weighted by Crippen LogP contribution is 2.43. The summed E-state index contributed by atoms with van der Waals surface area (Å²) in [6, 6.07) is 11.7. The average molecular weight is 404 g/mol. The Kier molecular flexibility index (Phi) is 3.65. The van der Waals surface area contributed by atoms with Gasteiger partial charge in [-0.2, -0.15) is 5.10 Å². The number of benzene rings is 1. The van der Waals surface area contributed by atoms with E-state index < -0.39 is 0 Å². The van der Waals surface area contributed by atoms with E-state index in [-0.39, 0.29) is 11.7 Å². The summed E-state index contributed by atoms with van der Waals surface area (Å²) in [5, 5.41) is 15.0. The van der Waals surface area contributed by atoms with Crippen LogP contribution in [-0.4, -0.2) is 39.0 Å². The first kappa shape index (κ1) is 16.6. The van der Waals surface area contributed by atoms with Gasteiger partial charge in [-0.15, -0.1) is 0 Å². The van der Waals surface area contributed by atoms with Gasteiger partial charge in [0.1, 0.15) is 5.76 Å². The van der Waals surface area contributed by atoms with Crippen LogP contribution in [0.1, 0.15) is 17.2 Å². The van der Waals surface area contributed by atoms with Gasteiger partial charge in [-0.25, -0.2) is 4.98 Å². The topological polar surface area (TPSA) is 112 Å². The molecule has 4 N–H and O–H groups in total. The zero-order chi connectivity index (χ0) is 19.4. The number of aromatic amines is 2. The Hall–Kier alpha value is -3.30. The zero-order valence-electron chi connectivity index (χ0n) is 15.2. The van der Waals surface area contributed by atoms with Crippen molar-refractivity contribution in [1.29, 1.82) is 0 Å². The Labute approximate surface area is 169 Å². The number of Topliss-reactive ketones (excluding diaryl/α,β-unsaturated/α-hetero) is 1. The van der Waals surface area contributed by atoms with Crippen molar-refractivity contribution in [3.05, 3.63) is 65.2 Å². The highest BCUT2D eigenvalue weighted by Gasteiger charge is 2.38. The summed E-state index contributed by atoms with van der Waals surface area (Å²) in [5.74, 6) is 1.24. The van der Waals surface area contributed by atoms with Crippen LogP contribution in [0.15, 0.2) is 68.5 Å². The molecule has 6 rings (SSSR count). The minimum absolute atomic E-state index is 0.0680. The van der Waals surface area contributed by atoms with Crippen LogP contribution in [0.2, 0.25) is 0 Å². The molecule has 2 aliphatic rings. The smallest absolute Gasteiger partial charge is 0.175 e. The SMILES string of the molecule is O=C1CNCC2=C1[C@H](c1ccc(Sc3nc4ccccc4[nH]3)o1)c1c[nH]nc1N2. The molecule has 0 unspecified atom stereocenters. The summed E-state index contributed by atoms with van der Waals surface area (Å²) in [7, 11) is 0. The number of nitrogens with one attached hydrogen (secondary N) is 4. The molecule has 0 radical (unpaired) electrons. The monoisotopic (exact) mass is 404 g/mol. The van der Waals surface area contributed by atoms with E-state index in [9.17, 15) is 4.79 Å². The first-order chi connectivity index (χ1) is 14.3. The van der Waals surface area contributed by atoms with E-state index in [2.05, 4.69) is 30.8 Å². The molecule has 144 valence electrons. The Bertz CT molecular complexity index is 1250.